The average molecular weight is 383 g/mol. The molecule has 0 unspecified atom stereocenters. The topological polar surface area (TPSA) is 77.2 Å². The molecule has 0 radical (unpaired) electrons. The van der Waals surface area contributed by atoms with Crippen LogP contribution in [0.3, 0.4) is 0 Å². The molecule has 0 aliphatic carbocycles. The van der Waals surface area contributed by atoms with Gasteiger partial charge in [-0.15, -0.1) is 0 Å². The zero-order valence-electron chi connectivity index (χ0n) is 15.6. The molecule has 3 aromatic rings. The van der Waals surface area contributed by atoms with Crippen molar-refractivity contribution in [3.8, 4) is 0 Å². The van der Waals surface area contributed by atoms with E-state index in [2.05, 4.69) is 9.97 Å². The van der Waals surface area contributed by atoms with E-state index >= 15 is 0 Å². The molecule has 0 amide bonds. The molecular formula is C21H22FN3O3. The van der Waals surface area contributed by atoms with Crippen molar-refractivity contribution in [3.63, 3.8) is 0 Å². The van der Waals surface area contributed by atoms with E-state index in [-0.39, 0.29) is 18.0 Å². The molecule has 1 aromatic carbocycles. The van der Waals surface area contributed by atoms with Gasteiger partial charge >= 0.3 is 5.97 Å². The number of rotatable bonds is 9. The third-order valence-corrected chi connectivity index (χ3v) is 4.37. The number of aromatic carboxylic acids is 1. The van der Waals surface area contributed by atoms with Crippen molar-refractivity contribution < 1.29 is 19.0 Å². The van der Waals surface area contributed by atoms with Crippen molar-refractivity contribution in [2.45, 2.75) is 32.4 Å². The van der Waals surface area contributed by atoms with Crippen LogP contribution in [0, 0.1) is 5.82 Å². The molecule has 2 heterocycles. The van der Waals surface area contributed by atoms with Crippen LogP contribution in [0.5, 0.6) is 0 Å². The minimum atomic E-state index is -0.976. The van der Waals surface area contributed by atoms with Gasteiger partial charge in [0.15, 0.2) is 0 Å². The number of aromatic nitrogens is 3. The van der Waals surface area contributed by atoms with E-state index < -0.39 is 5.97 Å². The summed E-state index contributed by atoms with van der Waals surface area (Å²) in [4.78, 5) is 20.2. The first-order valence-corrected chi connectivity index (χ1v) is 9.01. The number of nitrogens with zero attached hydrogens (tertiary/aromatic N) is 3. The maximum Gasteiger partial charge on any atom is 0.335 e. The summed E-state index contributed by atoms with van der Waals surface area (Å²) in [6, 6.07) is 9.56. The number of carbonyl (C=O) groups is 1. The monoisotopic (exact) mass is 383 g/mol. The number of halogens is 1. The average Bonchev–Trinajstić information content (AvgIpc) is 3.11. The Kier molecular flexibility index (Phi) is 6.49. The molecule has 6 nitrogen and oxygen atoms in total. The summed E-state index contributed by atoms with van der Waals surface area (Å²) in [5.74, 6) is -0.301. The number of hydrogen-bond donors (Lipinski definition) is 1. The van der Waals surface area contributed by atoms with Gasteiger partial charge in [0.1, 0.15) is 11.6 Å². The van der Waals surface area contributed by atoms with Crippen LogP contribution in [0.1, 0.15) is 39.6 Å². The van der Waals surface area contributed by atoms with Crippen LogP contribution in [-0.4, -0.2) is 32.7 Å². The molecule has 0 bridgehead atoms. The van der Waals surface area contributed by atoms with E-state index in [1.165, 1.54) is 18.2 Å². The maximum atomic E-state index is 13.1. The van der Waals surface area contributed by atoms with Gasteiger partial charge in [0.05, 0.1) is 17.9 Å². The number of benzene rings is 1. The highest BCUT2D eigenvalue weighted by Crippen LogP contribution is 2.13. The molecule has 0 aliphatic rings. The predicted octanol–water partition coefficient (Wildman–Crippen LogP) is 3.49. The van der Waals surface area contributed by atoms with E-state index in [1.54, 1.807) is 31.5 Å². The molecule has 28 heavy (non-hydrogen) atoms. The van der Waals surface area contributed by atoms with E-state index in [9.17, 15) is 14.3 Å². The Morgan fingerprint density at radius 1 is 1.18 bits per heavy atom. The summed E-state index contributed by atoms with van der Waals surface area (Å²) < 4.78 is 20.2. The molecule has 2 aromatic heterocycles. The number of carboxylic acids is 1. The molecule has 0 spiro atoms. The lowest BCUT2D eigenvalue weighted by molar-refractivity contribution is 0.0696. The number of hydrogen-bond acceptors (Lipinski definition) is 4. The van der Waals surface area contributed by atoms with Crippen LogP contribution in [-0.2, 0) is 30.7 Å². The van der Waals surface area contributed by atoms with Crippen LogP contribution >= 0.6 is 0 Å². The van der Waals surface area contributed by atoms with Crippen LogP contribution in [0.4, 0.5) is 4.39 Å². The maximum absolute atomic E-state index is 13.1. The molecule has 0 saturated carbocycles. The molecular weight excluding hydrogens is 361 g/mol. The molecule has 1 N–H and O–H groups in total. The normalized spacial score (nSPS) is 10.9. The lowest BCUT2D eigenvalue weighted by atomic mass is 10.1. The van der Waals surface area contributed by atoms with E-state index in [0.29, 0.717) is 18.7 Å². The zero-order valence-corrected chi connectivity index (χ0v) is 15.6. The number of methoxy groups -OCH3 is 1. The van der Waals surface area contributed by atoms with E-state index in [1.807, 2.05) is 10.8 Å². The van der Waals surface area contributed by atoms with Crippen LogP contribution < -0.4 is 0 Å². The minimum Gasteiger partial charge on any atom is -0.478 e. The summed E-state index contributed by atoms with van der Waals surface area (Å²) >= 11 is 0. The molecule has 146 valence electrons. The van der Waals surface area contributed by atoms with E-state index in [0.717, 1.165) is 29.9 Å². The summed E-state index contributed by atoms with van der Waals surface area (Å²) in [6.45, 7) is 0.899. The van der Waals surface area contributed by atoms with Gasteiger partial charge in [0, 0.05) is 38.2 Å². The number of pyridine rings is 1. The zero-order chi connectivity index (χ0) is 19.9. The predicted molar refractivity (Wildman–Crippen MR) is 102 cm³/mol. The Morgan fingerprint density at radius 2 is 1.93 bits per heavy atom. The SMILES string of the molecule is COCc1cc(C(=O)O)cc(CCCc2nccn2Cc2ccc(F)cc2)n1. The number of aryl methyl sites for hydroxylation is 2. The summed E-state index contributed by atoms with van der Waals surface area (Å²) in [5.41, 5.74) is 2.55. The highest BCUT2D eigenvalue weighted by atomic mass is 19.1. The third kappa shape index (κ3) is 5.23. The van der Waals surface area contributed by atoms with Crippen molar-refractivity contribution in [1.29, 1.82) is 0 Å². The number of imidazole rings is 1. The first-order chi connectivity index (χ1) is 13.5. The van der Waals surface area contributed by atoms with Gasteiger partial charge in [-0.3, -0.25) is 4.98 Å². The quantitative estimate of drug-likeness (QED) is 0.612. The smallest absolute Gasteiger partial charge is 0.335 e. The number of carboxylic acid groups (broad SMARTS) is 1. The Hall–Kier alpha value is -3.06. The van der Waals surface area contributed by atoms with Crippen molar-refractivity contribution in [1.82, 2.24) is 14.5 Å². The Morgan fingerprint density at radius 3 is 2.64 bits per heavy atom. The fraction of sp³-hybridized carbons (Fsp3) is 0.286. The van der Waals surface area contributed by atoms with Gasteiger partial charge in [0.25, 0.3) is 0 Å². The van der Waals surface area contributed by atoms with Crippen LogP contribution in [0.15, 0.2) is 48.8 Å². The van der Waals surface area contributed by atoms with Gasteiger partial charge in [-0.25, -0.2) is 14.2 Å². The highest BCUT2D eigenvalue weighted by Gasteiger charge is 2.10. The molecule has 0 atom stereocenters. The Bertz CT molecular complexity index is 938. The summed E-state index contributed by atoms with van der Waals surface area (Å²) in [5, 5.41) is 9.27. The Balaban J connectivity index is 1.63. The minimum absolute atomic E-state index is 0.217. The van der Waals surface area contributed by atoms with Crippen molar-refractivity contribution >= 4 is 5.97 Å². The van der Waals surface area contributed by atoms with Gasteiger partial charge in [-0.05, 0) is 42.7 Å². The molecule has 0 saturated heterocycles. The Labute approximate surface area is 162 Å². The fourth-order valence-electron chi connectivity index (χ4n) is 3.05. The van der Waals surface area contributed by atoms with Crippen molar-refractivity contribution in [3.05, 3.63) is 82.9 Å². The molecule has 3 rings (SSSR count). The summed E-state index contributed by atoms with van der Waals surface area (Å²) in [6.07, 6.45) is 5.80. The second kappa shape index (κ2) is 9.23. The first-order valence-electron chi connectivity index (χ1n) is 9.01. The molecule has 7 heteroatoms. The fourth-order valence-corrected chi connectivity index (χ4v) is 3.05. The molecule has 0 fully saturated rings. The highest BCUT2D eigenvalue weighted by molar-refractivity contribution is 5.87. The first kappa shape index (κ1) is 19.7. The van der Waals surface area contributed by atoms with E-state index in [4.69, 9.17) is 4.74 Å². The summed E-state index contributed by atoms with van der Waals surface area (Å²) in [7, 11) is 1.55. The van der Waals surface area contributed by atoms with Gasteiger partial charge < -0.3 is 14.4 Å². The van der Waals surface area contributed by atoms with Crippen molar-refractivity contribution in [2.24, 2.45) is 0 Å². The second-order valence-corrected chi connectivity index (χ2v) is 6.53. The lowest BCUT2D eigenvalue weighted by Gasteiger charge is -2.09. The van der Waals surface area contributed by atoms with Crippen LogP contribution in [0.25, 0.3) is 0 Å². The standard InChI is InChI=1S/C21H22FN3O3/c1-28-14-19-12-16(21(26)27)11-18(24-19)3-2-4-20-23-9-10-25(20)13-15-5-7-17(22)8-6-15/h5-12H,2-4,13-14H2,1H3,(H,26,27). The third-order valence-electron chi connectivity index (χ3n) is 4.37. The molecule has 0 aliphatic heterocycles. The number of ether oxygens (including phenoxy) is 1. The van der Waals surface area contributed by atoms with Gasteiger partial charge in [-0.1, -0.05) is 12.1 Å². The van der Waals surface area contributed by atoms with Crippen molar-refractivity contribution in [2.75, 3.05) is 7.11 Å². The van der Waals surface area contributed by atoms with Crippen LogP contribution in [0.2, 0.25) is 0 Å². The lowest BCUT2D eigenvalue weighted by Crippen LogP contribution is -2.07. The van der Waals surface area contributed by atoms with Gasteiger partial charge in [-0.2, -0.15) is 0 Å². The van der Waals surface area contributed by atoms with Gasteiger partial charge in [0.2, 0.25) is 0 Å². The largest absolute Gasteiger partial charge is 0.478 e. The second-order valence-electron chi connectivity index (χ2n) is 6.53.